The minimum atomic E-state index is -0.584. The Hall–Kier alpha value is -3.36. The first-order valence-electron chi connectivity index (χ1n) is 10.7. The Morgan fingerprint density at radius 3 is 2.75 bits per heavy atom. The first-order chi connectivity index (χ1) is 15.2. The number of halogens is 1. The Kier molecular flexibility index (Phi) is 5.90. The Morgan fingerprint density at radius 1 is 1.16 bits per heavy atom. The van der Waals surface area contributed by atoms with E-state index >= 15 is 0 Å². The number of amides is 1. The third kappa shape index (κ3) is 4.76. The molecule has 0 N–H and O–H groups in total. The molecule has 4 rings (SSSR count). The number of benzene rings is 1. The first kappa shape index (κ1) is 21.9. The standard InChI is InChI=1S/C23H28FN5O3/c1-23(2,3)32-22(30)28-10-5-9-27(4)20-8-11-29-21(26-20)18(15-25-29)17-14-16(31-13-12-28)6-7-19(17)24/h6-8,11,14-15H,5,9-10,12-13H2,1-4H3. The first-order valence-corrected chi connectivity index (χ1v) is 10.7. The Balaban J connectivity index is 1.69. The largest absolute Gasteiger partial charge is 0.492 e. The highest BCUT2D eigenvalue weighted by atomic mass is 19.1. The molecule has 0 unspecified atom stereocenters. The summed E-state index contributed by atoms with van der Waals surface area (Å²) >= 11 is 0. The Morgan fingerprint density at radius 2 is 1.97 bits per heavy atom. The van der Waals surface area contributed by atoms with E-state index in [9.17, 15) is 9.18 Å². The van der Waals surface area contributed by atoms with E-state index in [4.69, 9.17) is 14.5 Å². The second kappa shape index (κ2) is 8.64. The zero-order valence-electron chi connectivity index (χ0n) is 18.8. The van der Waals surface area contributed by atoms with E-state index in [1.807, 2.05) is 38.8 Å². The number of fused-ring (bicyclic) bond motifs is 4. The molecule has 170 valence electrons. The summed E-state index contributed by atoms with van der Waals surface area (Å²) in [5.74, 6) is 0.867. The van der Waals surface area contributed by atoms with E-state index in [0.717, 1.165) is 12.2 Å². The molecule has 0 saturated carbocycles. The number of rotatable bonds is 0. The van der Waals surface area contributed by atoms with Gasteiger partial charge in [-0.2, -0.15) is 5.10 Å². The SMILES string of the molecule is CN1CCCN(C(=O)OC(C)(C)C)CCOc2ccc(F)c(c2)-c2cnn3ccc1nc23. The van der Waals surface area contributed by atoms with Crippen LogP contribution in [0, 0.1) is 5.82 Å². The highest BCUT2D eigenvalue weighted by Gasteiger charge is 2.23. The molecule has 9 heteroatoms. The average molecular weight is 442 g/mol. The number of hydrogen-bond acceptors (Lipinski definition) is 6. The van der Waals surface area contributed by atoms with E-state index in [1.165, 1.54) is 6.07 Å². The van der Waals surface area contributed by atoms with E-state index in [1.54, 1.807) is 33.9 Å². The van der Waals surface area contributed by atoms with Crippen LogP contribution in [0.1, 0.15) is 27.2 Å². The highest BCUT2D eigenvalue weighted by Crippen LogP contribution is 2.30. The predicted molar refractivity (Wildman–Crippen MR) is 120 cm³/mol. The fraction of sp³-hybridized carbons (Fsp3) is 0.435. The topological polar surface area (TPSA) is 72.2 Å². The van der Waals surface area contributed by atoms with E-state index in [2.05, 4.69) is 5.10 Å². The van der Waals surface area contributed by atoms with Crippen LogP contribution < -0.4 is 9.64 Å². The van der Waals surface area contributed by atoms with Crippen molar-refractivity contribution in [2.75, 3.05) is 38.2 Å². The van der Waals surface area contributed by atoms with Gasteiger partial charge in [0.05, 0.1) is 12.7 Å². The Bertz CT molecular complexity index is 1120. The summed E-state index contributed by atoms with van der Waals surface area (Å²) < 4.78 is 27.8. The van der Waals surface area contributed by atoms with Crippen LogP contribution in [0.3, 0.4) is 0 Å². The predicted octanol–water partition coefficient (Wildman–Crippen LogP) is 3.99. The molecule has 1 aliphatic rings. The number of aromatic nitrogens is 3. The van der Waals surface area contributed by atoms with Crippen molar-refractivity contribution in [1.29, 1.82) is 0 Å². The fourth-order valence-corrected chi connectivity index (χ4v) is 3.57. The van der Waals surface area contributed by atoms with Gasteiger partial charge < -0.3 is 19.3 Å². The van der Waals surface area contributed by atoms with Gasteiger partial charge in [-0.3, -0.25) is 0 Å². The number of carbonyl (C=O) groups excluding carboxylic acids is 1. The lowest BCUT2D eigenvalue weighted by Crippen LogP contribution is -2.40. The van der Waals surface area contributed by atoms with Crippen LogP contribution in [0.25, 0.3) is 16.8 Å². The summed E-state index contributed by atoms with van der Waals surface area (Å²) in [6.45, 7) is 7.33. The normalized spacial score (nSPS) is 15.3. The molecule has 0 atom stereocenters. The van der Waals surface area contributed by atoms with Crippen LogP contribution in [-0.4, -0.2) is 64.5 Å². The number of ether oxygens (including phenoxy) is 2. The molecule has 0 spiro atoms. The molecule has 2 aromatic heterocycles. The molecule has 1 amide bonds. The number of hydrogen-bond donors (Lipinski definition) is 0. The molecule has 0 aliphatic carbocycles. The van der Waals surface area contributed by atoms with Crippen molar-refractivity contribution in [1.82, 2.24) is 19.5 Å². The zero-order chi connectivity index (χ0) is 22.9. The van der Waals surface area contributed by atoms with Gasteiger partial charge in [0.25, 0.3) is 0 Å². The Labute approximate surface area is 186 Å². The van der Waals surface area contributed by atoms with Crippen LogP contribution in [-0.2, 0) is 4.74 Å². The van der Waals surface area contributed by atoms with Gasteiger partial charge >= 0.3 is 6.09 Å². The van der Waals surface area contributed by atoms with Crippen molar-refractivity contribution in [3.8, 4) is 16.9 Å². The van der Waals surface area contributed by atoms with Crippen molar-refractivity contribution in [3.05, 3.63) is 42.5 Å². The summed E-state index contributed by atoms with van der Waals surface area (Å²) in [5, 5.41) is 4.31. The number of anilines is 1. The van der Waals surface area contributed by atoms with Crippen LogP contribution in [0.4, 0.5) is 15.0 Å². The van der Waals surface area contributed by atoms with Crippen LogP contribution in [0.15, 0.2) is 36.7 Å². The molecule has 0 saturated heterocycles. The number of nitrogens with zero attached hydrogens (tertiary/aromatic N) is 5. The minimum absolute atomic E-state index is 0.260. The van der Waals surface area contributed by atoms with Gasteiger partial charge in [0.15, 0.2) is 5.65 Å². The lowest BCUT2D eigenvalue weighted by Gasteiger charge is -2.28. The van der Waals surface area contributed by atoms with Crippen molar-refractivity contribution >= 4 is 17.6 Å². The molecule has 0 radical (unpaired) electrons. The molecular weight excluding hydrogens is 413 g/mol. The zero-order valence-corrected chi connectivity index (χ0v) is 18.8. The van der Waals surface area contributed by atoms with E-state index < -0.39 is 5.60 Å². The molecule has 3 aromatic rings. The molecule has 0 fully saturated rings. The second-order valence-corrected chi connectivity index (χ2v) is 8.84. The minimum Gasteiger partial charge on any atom is -0.492 e. The maximum absolute atomic E-state index is 14.7. The molecule has 4 bridgehead atoms. The van der Waals surface area contributed by atoms with Gasteiger partial charge in [-0.1, -0.05) is 0 Å². The van der Waals surface area contributed by atoms with Gasteiger partial charge in [0.1, 0.15) is 29.6 Å². The molecule has 8 nitrogen and oxygen atoms in total. The lowest BCUT2D eigenvalue weighted by atomic mass is 10.1. The lowest BCUT2D eigenvalue weighted by molar-refractivity contribution is 0.0225. The quantitative estimate of drug-likeness (QED) is 0.525. The van der Waals surface area contributed by atoms with Gasteiger partial charge in [-0.15, -0.1) is 0 Å². The summed E-state index contributed by atoms with van der Waals surface area (Å²) in [7, 11) is 1.94. The maximum atomic E-state index is 14.7. The van der Waals surface area contributed by atoms with Gasteiger partial charge in [0.2, 0.25) is 0 Å². The maximum Gasteiger partial charge on any atom is 0.410 e. The van der Waals surface area contributed by atoms with Crippen molar-refractivity contribution in [3.63, 3.8) is 0 Å². The second-order valence-electron chi connectivity index (χ2n) is 8.84. The van der Waals surface area contributed by atoms with E-state index in [0.29, 0.717) is 42.2 Å². The van der Waals surface area contributed by atoms with Crippen molar-refractivity contribution < 1.29 is 18.7 Å². The highest BCUT2D eigenvalue weighted by molar-refractivity contribution is 5.79. The third-order valence-corrected chi connectivity index (χ3v) is 5.18. The molecular formula is C23H28FN5O3. The molecule has 3 heterocycles. The monoisotopic (exact) mass is 441 g/mol. The molecule has 1 aliphatic heterocycles. The molecule has 1 aromatic carbocycles. The van der Waals surface area contributed by atoms with Gasteiger partial charge in [-0.05, 0) is 51.5 Å². The molecule has 32 heavy (non-hydrogen) atoms. The third-order valence-electron chi connectivity index (χ3n) is 5.18. The van der Waals surface area contributed by atoms with Crippen LogP contribution >= 0.6 is 0 Å². The average Bonchev–Trinajstić information content (AvgIpc) is 3.14. The summed E-state index contributed by atoms with van der Waals surface area (Å²) in [4.78, 5) is 21.1. The summed E-state index contributed by atoms with van der Waals surface area (Å²) in [5.41, 5.74) is 0.937. The van der Waals surface area contributed by atoms with Gasteiger partial charge in [0, 0.05) is 37.5 Å². The van der Waals surface area contributed by atoms with Crippen molar-refractivity contribution in [2.45, 2.75) is 32.8 Å². The van der Waals surface area contributed by atoms with E-state index in [-0.39, 0.29) is 18.5 Å². The number of carbonyl (C=O) groups is 1. The van der Waals surface area contributed by atoms with Crippen LogP contribution in [0.5, 0.6) is 5.75 Å². The fourth-order valence-electron chi connectivity index (χ4n) is 3.57. The van der Waals surface area contributed by atoms with Gasteiger partial charge in [-0.25, -0.2) is 18.7 Å². The smallest absolute Gasteiger partial charge is 0.410 e. The van der Waals surface area contributed by atoms with Crippen LogP contribution in [0.2, 0.25) is 0 Å². The summed E-state index contributed by atoms with van der Waals surface area (Å²) in [6, 6.07) is 6.45. The summed E-state index contributed by atoms with van der Waals surface area (Å²) in [6.07, 6.45) is 3.75. The van der Waals surface area contributed by atoms with Crippen molar-refractivity contribution in [2.24, 2.45) is 0 Å².